The number of carbonyl (C=O) groups is 1. The maximum atomic E-state index is 13.6. The molecule has 3 N–H and O–H groups in total. The summed E-state index contributed by atoms with van der Waals surface area (Å²) < 4.78 is 15.2. The van der Waals surface area contributed by atoms with E-state index in [1.165, 1.54) is 24.4 Å². The van der Waals surface area contributed by atoms with Gasteiger partial charge in [-0.1, -0.05) is 30.3 Å². The van der Waals surface area contributed by atoms with Crippen LogP contribution >= 0.6 is 0 Å². The number of aromatic nitrogens is 4. The first kappa shape index (κ1) is 19.5. The molecule has 2 heterocycles. The number of rotatable bonds is 6. The van der Waals surface area contributed by atoms with Crippen LogP contribution in [0.3, 0.4) is 0 Å². The number of amides is 1. The van der Waals surface area contributed by atoms with Crippen LogP contribution in [0.1, 0.15) is 17.4 Å². The van der Waals surface area contributed by atoms with Crippen LogP contribution in [0.2, 0.25) is 0 Å². The molecular formula is C21H19FN6O2. The SMILES string of the molecule is CN(Cc1nc2c(cnn2-c2ccccc2)c(=O)[nH]1)C(C(N)=O)c1cccc(F)c1. The highest BCUT2D eigenvalue weighted by Crippen LogP contribution is 2.22. The molecule has 8 nitrogen and oxygen atoms in total. The number of primary amides is 1. The van der Waals surface area contributed by atoms with E-state index in [1.54, 1.807) is 22.7 Å². The van der Waals surface area contributed by atoms with Crippen molar-refractivity contribution in [3.63, 3.8) is 0 Å². The minimum Gasteiger partial charge on any atom is -0.368 e. The molecule has 0 spiro atoms. The number of nitrogens with one attached hydrogen (secondary N) is 1. The fourth-order valence-corrected chi connectivity index (χ4v) is 3.44. The first-order valence-electron chi connectivity index (χ1n) is 9.21. The number of H-pyrrole nitrogens is 1. The van der Waals surface area contributed by atoms with Crippen LogP contribution in [-0.4, -0.2) is 37.6 Å². The quantitative estimate of drug-likeness (QED) is 0.508. The Kier molecular flexibility index (Phi) is 5.11. The summed E-state index contributed by atoms with van der Waals surface area (Å²) in [6.45, 7) is 0.106. The van der Waals surface area contributed by atoms with Crippen LogP contribution in [-0.2, 0) is 11.3 Å². The molecular weight excluding hydrogens is 387 g/mol. The minimum atomic E-state index is -0.888. The second-order valence-electron chi connectivity index (χ2n) is 6.92. The first-order chi connectivity index (χ1) is 14.4. The summed E-state index contributed by atoms with van der Waals surface area (Å²) in [6, 6.07) is 14.1. The number of benzene rings is 2. The standard InChI is InChI=1S/C21H19FN6O2/c1-27(18(19(23)29)13-6-5-7-14(22)10-13)12-17-25-20-16(21(30)26-17)11-24-28(20)15-8-3-2-4-9-15/h2-11,18H,12H2,1H3,(H2,23,29)(H,25,26,30). The highest BCUT2D eigenvalue weighted by atomic mass is 19.1. The van der Waals surface area contributed by atoms with Crippen LogP contribution in [0.15, 0.2) is 65.6 Å². The summed E-state index contributed by atoms with van der Waals surface area (Å²) in [5.74, 6) is -0.775. The van der Waals surface area contributed by atoms with Crippen molar-refractivity contribution in [3.8, 4) is 5.69 Å². The average Bonchev–Trinajstić information content (AvgIpc) is 3.13. The van der Waals surface area contributed by atoms with E-state index in [1.807, 2.05) is 30.3 Å². The zero-order valence-corrected chi connectivity index (χ0v) is 16.1. The normalized spacial score (nSPS) is 12.4. The molecule has 0 aliphatic heterocycles. The molecule has 4 rings (SSSR count). The molecule has 0 radical (unpaired) electrons. The van der Waals surface area contributed by atoms with E-state index in [-0.39, 0.29) is 12.1 Å². The van der Waals surface area contributed by atoms with Crippen LogP contribution in [0.5, 0.6) is 0 Å². The lowest BCUT2D eigenvalue weighted by Gasteiger charge is -2.25. The van der Waals surface area contributed by atoms with Gasteiger partial charge in [-0.05, 0) is 36.9 Å². The second-order valence-corrected chi connectivity index (χ2v) is 6.92. The van der Waals surface area contributed by atoms with E-state index in [9.17, 15) is 14.0 Å². The van der Waals surface area contributed by atoms with Gasteiger partial charge in [-0.3, -0.25) is 14.5 Å². The minimum absolute atomic E-state index is 0.106. The Labute approximate surface area is 170 Å². The Balaban J connectivity index is 1.71. The molecule has 4 aromatic rings. The van der Waals surface area contributed by atoms with Crippen molar-refractivity contribution in [3.05, 3.63) is 88.4 Å². The number of fused-ring (bicyclic) bond motifs is 1. The third-order valence-corrected chi connectivity index (χ3v) is 4.76. The van der Waals surface area contributed by atoms with Gasteiger partial charge in [0.15, 0.2) is 5.65 Å². The van der Waals surface area contributed by atoms with E-state index in [2.05, 4.69) is 15.1 Å². The summed E-state index contributed by atoms with van der Waals surface area (Å²) in [4.78, 5) is 33.5. The van der Waals surface area contributed by atoms with Crippen molar-refractivity contribution in [2.75, 3.05) is 7.05 Å². The number of halogens is 1. The molecule has 0 bridgehead atoms. The molecule has 1 atom stereocenters. The summed E-state index contributed by atoms with van der Waals surface area (Å²) in [5, 5.41) is 4.62. The molecule has 2 aromatic carbocycles. The Hall–Kier alpha value is -3.85. The molecule has 2 aromatic heterocycles. The highest BCUT2D eigenvalue weighted by molar-refractivity contribution is 5.81. The second kappa shape index (κ2) is 7.88. The first-order valence-corrected chi connectivity index (χ1v) is 9.21. The topological polar surface area (TPSA) is 110 Å². The van der Waals surface area contributed by atoms with Gasteiger partial charge in [0.05, 0.1) is 18.4 Å². The van der Waals surface area contributed by atoms with E-state index in [4.69, 9.17) is 5.73 Å². The number of nitrogens with zero attached hydrogens (tertiary/aromatic N) is 4. The fourth-order valence-electron chi connectivity index (χ4n) is 3.44. The Morgan fingerprint density at radius 1 is 1.23 bits per heavy atom. The summed E-state index contributed by atoms with van der Waals surface area (Å²) in [5.41, 5.74) is 6.81. The van der Waals surface area contributed by atoms with Crippen molar-refractivity contribution >= 4 is 16.9 Å². The predicted octanol–water partition coefficient (Wildman–Crippen LogP) is 1.91. The van der Waals surface area contributed by atoms with Crippen LogP contribution < -0.4 is 11.3 Å². The van der Waals surface area contributed by atoms with E-state index in [0.29, 0.717) is 22.4 Å². The van der Waals surface area contributed by atoms with Gasteiger partial charge in [-0.2, -0.15) is 5.10 Å². The Morgan fingerprint density at radius 3 is 2.70 bits per heavy atom. The van der Waals surface area contributed by atoms with Crippen molar-refractivity contribution in [2.24, 2.45) is 5.73 Å². The Bertz CT molecular complexity index is 1270. The molecule has 0 saturated heterocycles. The lowest BCUT2D eigenvalue weighted by Crippen LogP contribution is -2.35. The van der Waals surface area contributed by atoms with Gasteiger partial charge in [0.25, 0.3) is 5.56 Å². The average molecular weight is 406 g/mol. The summed E-state index contributed by atoms with van der Waals surface area (Å²) >= 11 is 0. The van der Waals surface area contributed by atoms with E-state index >= 15 is 0 Å². The van der Waals surface area contributed by atoms with Crippen molar-refractivity contribution < 1.29 is 9.18 Å². The Morgan fingerprint density at radius 2 is 2.00 bits per heavy atom. The van der Waals surface area contributed by atoms with Crippen molar-refractivity contribution in [1.29, 1.82) is 0 Å². The molecule has 9 heteroatoms. The number of aromatic amines is 1. The maximum absolute atomic E-state index is 13.6. The smallest absolute Gasteiger partial charge is 0.262 e. The van der Waals surface area contributed by atoms with Crippen LogP contribution in [0.4, 0.5) is 4.39 Å². The maximum Gasteiger partial charge on any atom is 0.262 e. The van der Waals surface area contributed by atoms with E-state index < -0.39 is 17.8 Å². The molecule has 30 heavy (non-hydrogen) atoms. The molecule has 1 unspecified atom stereocenters. The largest absolute Gasteiger partial charge is 0.368 e. The van der Waals surface area contributed by atoms with Crippen LogP contribution in [0, 0.1) is 5.82 Å². The third kappa shape index (κ3) is 3.70. The molecule has 1 amide bonds. The summed E-state index contributed by atoms with van der Waals surface area (Å²) in [7, 11) is 1.65. The molecule has 152 valence electrons. The third-order valence-electron chi connectivity index (χ3n) is 4.76. The number of likely N-dealkylation sites (N-methyl/N-ethyl adjacent to an activating group) is 1. The summed E-state index contributed by atoms with van der Waals surface area (Å²) in [6.07, 6.45) is 1.46. The monoisotopic (exact) mass is 406 g/mol. The lowest BCUT2D eigenvalue weighted by atomic mass is 10.0. The lowest BCUT2D eigenvalue weighted by molar-refractivity contribution is -0.123. The zero-order chi connectivity index (χ0) is 21.3. The van der Waals surface area contributed by atoms with Gasteiger partial charge in [0, 0.05) is 0 Å². The van der Waals surface area contributed by atoms with Crippen LogP contribution in [0.25, 0.3) is 16.7 Å². The molecule has 0 fully saturated rings. The van der Waals surface area contributed by atoms with Gasteiger partial charge in [-0.25, -0.2) is 14.1 Å². The number of para-hydroxylation sites is 1. The van der Waals surface area contributed by atoms with Crippen molar-refractivity contribution in [2.45, 2.75) is 12.6 Å². The number of nitrogens with two attached hydrogens (primary N) is 1. The molecule has 0 aliphatic carbocycles. The van der Waals surface area contributed by atoms with E-state index in [0.717, 1.165) is 5.69 Å². The number of carbonyl (C=O) groups excluding carboxylic acids is 1. The molecule has 0 saturated carbocycles. The van der Waals surface area contributed by atoms with Gasteiger partial charge in [0.2, 0.25) is 5.91 Å². The van der Waals surface area contributed by atoms with Gasteiger partial charge < -0.3 is 10.7 Å². The van der Waals surface area contributed by atoms with Crippen molar-refractivity contribution in [1.82, 2.24) is 24.6 Å². The predicted molar refractivity (Wildman–Crippen MR) is 109 cm³/mol. The van der Waals surface area contributed by atoms with Gasteiger partial charge in [-0.15, -0.1) is 0 Å². The molecule has 0 aliphatic rings. The van der Waals surface area contributed by atoms with Gasteiger partial charge in [0.1, 0.15) is 23.1 Å². The fraction of sp³-hybridized carbons (Fsp3) is 0.143. The number of hydrogen-bond donors (Lipinski definition) is 2. The number of hydrogen-bond acceptors (Lipinski definition) is 5. The zero-order valence-electron chi connectivity index (χ0n) is 16.1. The van der Waals surface area contributed by atoms with Gasteiger partial charge >= 0.3 is 0 Å². The highest BCUT2D eigenvalue weighted by Gasteiger charge is 2.24.